The van der Waals surface area contributed by atoms with Crippen LogP contribution in [0.15, 0.2) is 142 Å². The Morgan fingerprint density at radius 2 is 1.20 bits per heavy atom. The molecule has 0 spiro atoms. The van der Waals surface area contributed by atoms with Gasteiger partial charge in [0.15, 0.2) is 0 Å². The number of rotatable bonds is 14. The first-order valence-electron chi connectivity index (χ1n) is 15.1. The maximum atomic E-state index is 9.93. The van der Waals surface area contributed by atoms with Crippen molar-refractivity contribution in [3.63, 3.8) is 0 Å². The first kappa shape index (κ1) is 35.9. The van der Waals surface area contributed by atoms with Crippen LogP contribution in [0.2, 0.25) is 0 Å². The quantitative estimate of drug-likeness (QED) is 0.168. The Balaban J connectivity index is 2.61. The van der Waals surface area contributed by atoms with Crippen LogP contribution < -0.4 is 0 Å². The maximum absolute atomic E-state index is 9.93. The van der Waals surface area contributed by atoms with Gasteiger partial charge in [0.05, 0.1) is 6.61 Å². The Morgan fingerprint density at radius 3 is 1.71 bits per heavy atom. The summed E-state index contributed by atoms with van der Waals surface area (Å²) in [6.45, 7) is 19.6. The lowest BCUT2D eigenvalue weighted by Crippen LogP contribution is -2.27. The molecule has 0 saturated heterocycles. The van der Waals surface area contributed by atoms with E-state index >= 15 is 0 Å². The zero-order valence-electron chi connectivity index (χ0n) is 27.4. The molecule has 1 atom stereocenters. The number of hydrogen-bond donors (Lipinski definition) is 1. The fourth-order valence-electron chi connectivity index (χ4n) is 4.63. The first-order chi connectivity index (χ1) is 19.5. The topological polar surface area (TPSA) is 20.2 Å². The molecule has 1 N–H and O–H groups in total. The molecule has 0 aliphatic heterocycles. The molecule has 0 radical (unpaired) electrons. The average molecular weight is 553 g/mol. The Kier molecular flexibility index (Phi) is 17.4. The molecule has 0 aromatic carbocycles. The van der Waals surface area contributed by atoms with Gasteiger partial charge in [0.25, 0.3) is 0 Å². The third-order valence-corrected chi connectivity index (χ3v) is 7.35. The van der Waals surface area contributed by atoms with Gasteiger partial charge in [0.2, 0.25) is 0 Å². The van der Waals surface area contributed by atoms with E-state index in [0.717, 1.165) is 32.1 Å². The average Bonchev–Trinajstić information content (AvgIpc) is 2.90. The summed E-state index contributed by atoms with van der Waals surface area (Å²) >= 11 is 0. The van der Waals surface area contributed by atoms with Crippen LogP contribution >= 0.6 is 0 Å². The van der Waals surface area contributed by atoms with Crippen molar-refractivity contribution >= 4 is 0 Å². The smallest absolute Gasteiger partial charge is 0.0525 e. The molecule has 41 heavy (non-hydrogen) atoms. The van der Waals surface area contributed by atoms with Gasteiger partial charge in [-0.05, 0) is 93.1 Å². The summed E-state index contributed by atoms with van der Waals surface area (Å²) in [5.74, 6) is 0. The van der Waals surface area contributed by atoms with E-state index in [-0.39, 0.29) is 12.0 Å². The summed E-state index contributed by atoms with van der Waals surface area (Å²) in [5, 5.41) is 9.93. The van der Waals surface area contributed by atoms with E-state index in [0.29, 0.717) is 0 Å². The van der Waals surface area contributed by atoms with Crippen LogP contribution in [-0.2, 0) is 0 Å². The molecule has 222 valence electrons. The predicted octanol–water partition coefficient (Wildman–Crippen LogP) is 11.7. The third-order valence-electron chi connectivity index (χ3n) is 7.35. The van der Waals surface area contributed by atoms with Crippen molar-refractivity contribution in [2.45, 2.75) is 94.4 Å². The Hall–Kier alpha value is -3.16. The van der Waals surface area contributed by atoms with Crippen molar-refractivity contribution in [2.75, 3.05) is 6.61 Å². The van der Waals surface area contributed by atoms with E-state index in [1.54, 1.807) is 0 Å². The van der Waals surface area contributed by atoms with E-state index in [4.69, 9.17) is 0 Å². The highest BCUT2D eigenvalue weighted by molar-refractivity contribution is 5.38. The lowest BCUT2D eigenvalue weighted by atomic mass is 9.71. The van der Waals surface area contributed by atoms with E-state index in [1.165, 1.54) is 44.6 Å². The van der Waals surface area contributed by atoms with Crippen molar-refractivity contribution in [1.82, 2.24) is 0 Å². The van der Waals surface area contributed by atoms with Crippen LogP contribution in [0.1, 0.15) is 94.4 Å². The molecule has 1 rings (SSSR count). The van der Waals surface area contributed by atoms with Crippen molar-refractivity contribution in [3.05, 3.63) is 142 Å². The van der Waals surface area contributed by atoms with Gasteiger partial charge in [-0.1, -0.05) is 143 Å². The summed E-state index contributed by atoms with van der Waals surface area (Å²) < 4.78 is 0. The van der Waals surface area contributed by atoms with E-state index in [1.807, 2.05) is 0 Å². The normalized spacial score (nSPS) is 20.7. The Bertz CT molecular complexity index is 1200. The number of hydrogen-bond acceptors (Lipinski definition) is 1. The number of aliphatic hydroxyl groups is 1. The molecule has 0 aromatic heterocycles. The largest absolute Gasteiger partial charge is 0.395 e. The summed E-state index contributed by atoms with van der Waals surface area (Å²) in [6, 6.07) is 0. The Labute approximate surface area is 252 Å². The van der Waals surface area contributed by atoms with Crippen molar-refractivity contribution < 1.29 is 5.11 Å². The summed E-state index contributed by atoms with van der Waals surface area (Å²) in [7, 11) is 0. The summed E-state index contributed by atoms with van der Waals surface area (Å²) in [5.41, 5.74) is 10.2. The van der Waals surface area contributed by atoms with Crippen LogP contribution in [0.4, 0.5) is 0 Å². The molecule has 0 unspecified atom stereocenters. The lowest BCUT2D eigenvalue weighted by molar-refractivity contribution is 0.159. The van der Waals surface area contributed by atoms with Crippen LogP contribution in [0.5, 0.6) is 0 Å². The minimum atomic E-state index is -0.113. The first-order valence-corrected chi connectivity index (χ1v) is 15.1. The van der Waals surface area contributed by atoms with Gasteiger partial charge in [-0.25, -0.2) is 0 Å². The van der Waals surface area contributed by atoms with Gasteiger partial charge in [0, 0.05) is 5.41 Å². The molecule has 0 heterocycles. The van der Waals surface area contributed by atoms with Crippen molar-refractivity contribution in [1.29, 1.82) is 0 Å². The minimum Gasteiger partial charge on any atom is -0.395 e. The lowest BCUT2D eigenvalue weighted by Gasteiger charge is -2.34. The van der Waals surface area contributed by atoms with Crippen LogP contribution in [0.25, 0.3) is 0 Å². The maximum Gasteiger partial charge on any atom is 0.0525 e. The fraction of sp³-hybridized carbons (Fsp3) is 0.400. The molecular weight excluding hydrogens is 496 g/mol. The van der Waals surface area contributed by atoms with E-state index in [9.17, 15) is 5.11 Å². The van der Waals surface area contributed by atoms with Gasteiger partial charge in [-0.15, -0.1) is 0 Å². The third kappa shape index (κ3) is 16.0. The van der Waals surface area contributed by atoms with E-state index < -0.39 is 0 Å². The molecule has 1 nitrogen and oxygen atoms in total. The molecule has 0 fully saturated rings. The zero-order chi connectivity index (χ0) is 30.7. The molecular formula is C40H56O. The predicted molar refractivity (Wildman–Crippen MR) is 185 cm³/mol. The second-order valence-corrected chi connectivity index (χ2v) is 12.0. The van der Waals surface area contributed by atoms with Crippen LogP contribution in [-0.4, -0.2) is 11.7 Å². The van der Waals surface area contributed by atoms with E-state index in [2.05, 4.69) is 160 Å². The molecule has 0 saturated carbocycles. The summed E-state index contributed by atoms with van der Waals surface area (Å²) in [6.07, 6.45) is 39.9. The molecule has 1 aliphatic rings. The Morgan fingerprint density at radius 1 is 0.707 bits per heavy atom. The van der Waals surface area contributed by atoms with Gasteiger partial charge >= 0.3 is 0 Å². The standard InChI is InChI=1S/C40H56O/c1-32(2)17-12-20-35(5)23-14-25-36(6)24-13-21-33(3)18-10-11-19-34(4)22-15-26-37(7)28-29-39-38(8)27-16-30-40(39,9)31-41/h10-11,13-15,17-19,21-26,28-29,41H,12,16,20,27,30-31H2,1-9H3/b11-10+,21-13+,22-15+,25-14+,29-28+,33-18+,34-19+,35-23+,36-24+,37-26+/t40-/m1/s1. The van der Waals surface area contributed by atoms with Gasteiger partial charge in [0.1, 0.15) is 0 Å². The molecule has 1 aliphatic carbocycles. The van der Waals surface area contributed by atoms with Crippen molar-refractivity contribution in [2.24, 2.45) is 5.41 Å². The number of aliphatic hydroxyl groups excluding tert-OH is 1. The molecule has 0 amide bonds. The zero-order valence-corrected chi connectivity index (χ0v) is 27.4. The molecule has 1 heteroatoms. The minimum absolute atomic E-state index is 0.113. The van der Waals surface area contributed by atoms with Crippen LogP contribution in [0, 0.1) is 5.41 Å². The highest BCUT2D eigenvalue weighted by Gasteiger charge is 2.30. The van der Waals surface area contributed by atoms with Crippen molar-refractivity contribution in [3.8, 4) is 0 Å². The van der Waals surface area contributed by atoms with Gasteiger partial charge in [-0.3, -0.25) is 0 Å². The number of allylic oxidation sites excluding steroid dienone is 23. The second-order valence-electron chi connectivity index (χ2n) is 12.0. The monoisotopic (exact) mass is 552 g/mol. The van der Waals surface area contributed by atoms with Gasteiger partial charge in [-0.2, -0.15) is 0 Å². The second kappa shape index (κ2) is 19.8. The highest BCUT2D eigenvalue weighted by atomic mass is 16.3. The fourth-order valence-corrected chi connectivity index (χ4v) is 4.63. The highest BCUT2D eigenvalue weighted by Crippen LogP contribution is 2.41. The molecule has 0 bridgehead atoms. The van der Waals surface area contributed by atoms with Gasteiger partial charge < -0.3 is 5.11 Å². The van der Waals surface area contributed by atoms with Crippen LogP contribution in [0.3, 0.4) is 0 Å². The SMILES string of the molecule is CC(C)=CCC/C(C)=C/C=C/C(C)=C/C=C/C(C)=C/C=C/C=C(C)/C=C/C=C(C)/C=C/C1=C(C)CCC[C@]1(C)CO. The molecule has 0 aromatic rings. The summed E-state index contributed by atoms with van der Waals surface area (Å²) in [4.78, 5) is 0.